The quantitative estimate of drug-likeness (QED) is 0.527. The zero-order valence-corrected chi connectivity index (χ0v) is 15.1. The smallest absolute Gasteiger partial charge is 0.419 e. The lowest BCUT2D eigenvalue weighted by atomic mass is 10.1. The average molecular weight is 384 g/mol. The third kappa shape index (κ3) is 5.06. The average Bonchev–Trinajstić information content (AvgIpc) is 2.64. The summed E-state index contributed by atoms with van der Waals surface area (Å²) in [5, 5.41) is 0. The van der Waals surface area contributed by atoms with Gasteiger partial charge in [-0.2, -0.15) is 13.2 Å². The first-order chi connectivity index (χ1) is 12.8. The van der Waals surface area contributed by atoms with E-state index in [1.807, 2.05) is 0 Å². The van der Waals surface area contributed by atoms with E-state index in [2.05, 4.69) is 0 Å². The predicted octanol–water partition coefficient (Wildman–Crippen LogP) is 4.27. The molecule has 0 aliphatic rings. The van der Waals surface area contributed by atoms with E-state index in [4.69, 9.17) is 18.9 Å². The van der Waals surface area contributed by atoms with Crippen LogP contribution in [0, 0.1) is 0 Å². The van der Waals surface area contributed by atoms with Gasteiger partial charge < -0.3 is 18.9 Å². The minimum atomic E-state index is -4.60. The van der Waals surface area contributed by atoms with Crippen LogP contribution in [0.3, 0.4) is 0 Å². The number of para-hydroxylation sites is 1. The number of rotatable bonds is 7. The van der Waals surface area contributed by atoms with Crippen LogP contribution in [-0.4, -0.2) is 27.3 Å². The minimum Gasteiger partial charge on any atom is -0.493 e. The van der Waals surface area contributed by atoms with E-state index in [1.165, 1.54) is 33.5 Å². The maximum atomic E-state index is 13.0. The second-order valence-electron chi connectivity index (χ2n) is 5.50. The van der Waals surface area contributed by atoms with Crippen LogP contribution >= 0.6 is 0 Å². The fourth-order valence-electron chi connectivity index (χ4n) is 2.49. The number of halogens is 3. The van der Waals surface area contributed by atoms with Crippen molar-refractivity contribution in [2.45, 2.75) is 19.0 Å². The molecule has 5 nitrogen and oxygen atoms in total. The zero-order chi connectivity index (χ0) is 20.0. The van der Waals surface area contributed by atoms with E-state index in [0.29, 0.717) is 22.8 Å². The van der Waals surface area contributed by atoms with Crippen molar-refractivity contribution in [3.8, 4) is 23.0 Å². The van der Waals surface area contributed by atoms with E-state index in [9.17, 15) is 18.0 Å². The van der Waals surface area contributed by atoms with Crippen LogP contribution in [0.25, 0.3) is 0 Å². The molecule has 0 fully saturated rings. The van der Waals surface area contributed by atoms with Gasteiger partial charge in [0.15, 0.2) is 11.5 Å². The van der Waals surface area contributed by atoms with E-state index in [-0.39, 0.29) is 12.8 Å². The van der Waals surface area contributed by atoms with Gasteiger partial charge in [0, 0.05) is 6.42 Å². The van der Waals surface area contributed by atoms with E-state index in [0.717, 1.165) is 12.1 Å². The first-order valence-electron chi connectivity index (χ1n) is 7.96. The molecule has 0 amide bonds. The van der Waals surface area contributed by atoms with Crippen LogP contribution in [0.15, 0.2) is 36.4 Å². The topological polar surface area (TPSA) is 54.0 Å². The first kappa shape index (κ1) is 20.4. The van der Waals surface area contributed by atoms with E-state index >= 15 is 0 Å². The number of aryl methyl sites for hydroxylation is 1. The molecule has 0 aliphatic carbocycles. The van der Waals surface area contributed by atoms with Crippen LogP contribution in [-0.2, 0) is 17.4 Å². The lowest BCUT2D eigenvalue weighted by molar-refractivity contribution is -0.142. The van der Waals surface area contributed by atoms with Crippen molar-refractivity contribution in [3.05, 3.63) is 47.5 Å². The molecule has 2 aromatic carbocycles. The molecule has 0 saturated heterocycles. The van der Waals surface area contributed by atoms with Gasteiger partial charge in [0.1, 0.15) is 5.75 Å². The van der Waals surface area contributed by atoms with Crippen molar-refractivity contribution in [1.29, 1.82) is 0 Å². The zero-order valence-electron chi connectivity index (χ0n) is 15.1. The van der Waals surface area contributed by atoms with Crippen LogP contribution < -0.4 is 18.9 Å². The largest absolute Gasteiger partial charge is 0.493 e. The summed E-state index contributed by atoms with van der Waals surface area (Å²) in [6, 6.07) is 7.91. The standard InChI is InChI=1S/C19H19F3O5/c1-24-15-10-12(11-16(25-2)18(15)26-3)8-9-17(23)27-14-7-5-4-6-13(14)19(20,21)22/h4-7,10-11H,8-9H2,1-3H3. The number of carbonyl (C=O) groups excluding carboxylic acids is 1. The van der Waals surface area contributed by atoms with Gasteiger partial charge in [-0.15, -0.1) is 0 Å². The van der Waals surface area contributed by atoms with Gasteiger partial charge >= 0.3 is 12.1 Å². The summed E-state index contributed by atoms with van der Waals surface area (Å²) in [4.78, 5) is 12.0. The molecule has 2 rings (SSSR count). The second kappa shape index (κ2) is 8.66. The molecule has 0 saturated carbocycles. The van der Waals surface area contributed by atoms with Crippen LogP contribution in [0.5, 0.6) is 23.0 Å². The molecule has 0 radical (unpaired) electrons. The number of esters is 1. The lowest BCUT2D eigenvalue weighted by Gasteiger charge is -2.14. The number of ether oxygens (including phenoxy) is 4. The number of hydrogen-bond donors (Lipinski definition) is 0. The molecule has 8 heteroatoms. The Balaban J connectivity index is 2.11. The molecule has 27 heavy (non-hydrogen) atoms. The second-order valence-corrected chi connectivity index (χ2v) is 5.50. The molecule has 0 unspecified atom stereocenters. The van der Waals surface area contributed by atoms with Crippen LogP contribution in [0.1, 0.15) is 17.5 Å². The highest BCUT2D eigenvalue weighted by Crippen LogP contribution is 2.39. The Kier molecular flexibility index (Phi) is 6.55. The molecular weight excluding hydrogens is 365 g/mol. The third-order valence-corrected chi connectivity index (χ3v) is 3.76. The maximum Gasteiger partial charge on any atom is 0.419 e. The highest BCUT2D eigenvalue weighted by molar-refractivity contribution is 5.73. The highest BCUT2D eigenvalue weighted by atomic mass is 19.4. The number of benzene rings is 2. The molecule has 0 heterocycles. The van der Waals surface area contributed by atoms with Gasteiger partial charge in [0.25, 0.3) is 0 Å². The van der Waals surface area contributed by atoms with Gasteiger partial charge in [-0.05, 0) is 36.2 Å². The summed E-state index contributed by atoms with van der Waals surface area (Å²) in [6.07, 6.45) is -4.50. The Bertz CT molecular complexity index is 777. The molecule has 0 spiro atoms. The van der Waals surface area contributed by atoms with Crippen molar-refractivity contribution >= 4 is 5.97 Å². The monoisotopic (exact) mass is 384 g/mol. The van der Waals surface area contributed by atoms with Crippen molar-refractivity contribution in [3.63, 3.8) is 0 Å². The molecule has 0 atom stereocenters. The van der Waals surface area contributed by atoms with Crippen molar-refractivity contribution in [1.82, 2.24) is 0 Å². The van der Waals surface area contributed by atoms with E-state index < -0.39 is 23.5 Å². The molecule has 0 aliphatic heterocycles. The molecule has 146 valence electrons. The van der Waals surface area contributed by atoms with Crippen molar-refractivity contribution < 1.29 is 36.9 Å². The summed E-state index contributed by atoms with van der Waals surface area (Å²) in [5.41, 5.74) is -0.309. The number of methoxy groups -OCH3 is 3. The molecule has 0 N–H and O–H groups in total. The Morgan fingerprint density at radius 2 is 1.52 bits per heavy atom. The Morgan fingerprint density at radius 1 is 0.926 bits per heavy atom. The summed E-state index contributed by atoms with van der Waals surface area (Å²) in [5.74, 6) is -0.0453. The van der Waals surface area contributed by atoms with Gasteiger partial charge in [-0.25, -0.2) is 0 Å². The minimum absolute atomic E-state index is 0.120. The molecule has 0 bridgehead atoms. The summed E-state index contributed by atoms with van der Waals surface area (Å²) < 4.78 is 59.4. The predicted molar refractivity (Wildman–Crippen MR) is 91.5 cm³/mol. The van der Waals surface area contributed by atoms with Crippen LogP contribution in [0.2, 0.25) is 0 Å². The van der Waals surface area contributed by atoms with Gasteiger partial charge in [-0.1, -0.05) is 12.1 Å². The van der Waals surface area contributed by atoms with E-state index in [1.54, 1.807) is 12.1 Å². The fraction of sp³-hybridized carbons (Fsp3) is 0.316. The summed E-state index contributed by atoms with van der Waals surface area (Å²) in [7, 11) is 4.39. The molecule has 2 aromatic rings. The Labute approximate surface area is 154 Å². The fourth-order valence-corrected chi connectivity index (χ4v) is 2.49. The molecule has 0 aromatic heterocycles. The lowest BCUT2D eigenvalue weighted by Crippen LogP contribution is -2.14. The number of alkyl halides is 3. The van der Waals surface area contributed by atoms with Crippen molar-refractivity contribution in [2.24, 2.45) is 0 Å². The third-order valence-electron chi connectivity index (χ3n) is 3.76. The number of hydrogen-bond acceptors (Lipinski definition) is 5. The van der Waals surface area contributed by atoms with Gasteiger partial charge in [-0.3, -0.25) is 4.79 Å². The summed E-state index contributed by atoms with van der Waals surface area (Å²) in [6.45, 7) is 0. The highest BCUT2D eigenvalue weighted by Gasteiger charge is 2.34. The SMILES string of the molecule is COc1cc(CCC(=O)Oc2ccccc2C(F)(F)F)cc(OC)c1OC. The van der Waals surface area contributed by atoms with Gasteiger partial charge in [0.2, 0.25) is 5.75 Å². The maximum absolute atomic E-state index is 13.0. The Hall–Kier alpha value is -2.90. The van der Waals surface area contributed by atoms with Gasteiger partial charge in [0.05, 0.1) is 26.9 Å². The normalized spacial score (nSPS) is 11.0. The van der Waals surface area contributed by atoms with Crippen LogP contribution in [0.4, 0.5) is 13.2 Å². The number of carbonyl (C=O) groups is 1. The van der Waals surface area contributed by atoms with Crippen molar-refractivity contribution in [2.75, 3.05) is 21.3 Å². The summed E-state index contributed by atoms with van der Waals surface area (Å²) >= 11 is 0. The molecular formula is C19H19F3O5. The Morgan fingerprint density at radius 3 is 2.04 bits per heavy atom. The first-order valence-corrected chi connectivity index (χ1v) is 7.96.